The van der Waals surface area contributed by atoms with Crippen molar-refractivity contribution in [3.8, 4) is 0 Å². The summed E-state index contributed by atoms with van der Waals surface area (Å²) in [6, 6.07) is 8.80. The number of aromatic nitrogens is 2. The molecule has 1 N–H and O–H groups in total. The van der Waals surface area contributed by atoms with Crippen LogP contribution in [0.1, 0.15) is 36.2 Å². The van der Waals surface area contributed by atoms with Gasteiger partial charge in [-0.3, -0.25) is 4.68 Å². The highest BCUT2D eigenvalue weighted by Crippen LogP contribution is 2.26. The van der Waals surface area contributed by atoms with Gasteiger partial charge in [-0.15, -0.1) is 0 Å². The molecule has 2 rings (SSSR count). The Balaban J connectivity index is 2.24. The Hall–Kier alpha value is -1.13. The third-order valence-corrected chi connectivity index (χ3v) is 4.37. The first-order chi connectivity index (χ1) is 9.61. The normalized spacial score (nSPS) is 12.6. The van der Waals surface area contributed by atoms with Gasteiger partial charge in [0.2, 0.25) is 0 Å². The standard InChI is InChI=1S/C16H22BrN3/c1-4-9-18-16(11-13-8-10-20(3)19-13)14-6-5-7-15(17)12(14)2/h5-8,10,16,18H,4,9,11H2,1-3H3. The van der Waals surface area contributed by atoms with Gasteiger partial charge in [0.05, 0.1) is 5.69 Å². The number of hydrogen-bond donors (Lipinski definition) is 1. The van der Waals surface area contributed by atoms with Crippen LogP contribution in [0.25, 0.3) is 0 Å². The molecule has 0 spiro atoms. The van der Waals surface area contributed by atoms with Crippen LogP contribution in [0.15, 0.2) is 34.9 Å². The van der Waals surface area contributed by atoms with Crippen LogP contribution in [-0.2, 0) is 13.5 Å². The van der Waals surface area contributed by atoms with Gasteiger partial charge >= 0.3 is 0 Å². The lowest BCUT2D eigenvalue weighted by atomic mass is 9.97. The molecule has 1 heterocycles. The van der Waals surface area contributed by atoms with Crippen LogP contribution in [-0.4, -0.2) is 16.3 Å². The zero-order valence-electron chi connectivity index (χ0n) is 12.4. The fraction of sp³-hybridized carbons (Fsp3) is 0.438. The second kappa shape index (κ2) is 7.04. The van der Waals surface area contributed by atoms with Crippen molar-refractivity contribution >= 4 is 15.9 Å². The Bertz CT molecular complexity index is 563. The molecule has 1 aromatic carbocycles. The molecule has 0 aliphatic carbocycles. The second-order valence-corrected chi connectivity index (χ2v) is 6.00. The van der Waals surface area contributed by atoms with Crippen LogP contribution in [0.5, 0.6) is 0 Å². The number of nitrogens with zero attached hydrogens (tertiary/aromatic N) is 2. The van der Waals surface area contributed by atoms with Crippen LogP contribution in [0.4, 0.5) is 0 Å². The lowest BCUT2D eigenvalue weighted by Gasteiger charge is -2.21. The fourth-order valence-electron chi connectivity index (χ4n) is 2.39. The largest absolute Gasteiger partial charge is 0.310 e. The van der Waals surface area contributed by atoms with E-state index in [0.717, 1.165) is 25.1 Å². The summed E-state index contributed by atoms with van der Waals surface area (Å²) in [5.41, 5.74) is 3.77. The topological polar surface area (TPSA) is 29.9 Å². The molecular formula is C16H22BrN3. The first-order valence-corrected chi connectivity index (χ1v) is 7.88. The molecule has 0 fully saturated rings. The summed E-state index contributed by atoms with van der Waals surface area (Å²) in [7, 11) is 1.96. The van der Waals surface area contributed by atoms with Gasteiger partial charge in [-0.05, 0) is 43.1 Å². The number of halogens is 1. The molecular weight excluding hydrogens is 314 g/mol. The van der Waals surface area contributed by atoms with E-state index < -0.39 is 0 Å². The summed E-state index contributed by atoms with van der Waals surface area (Å²) in [5.74, 6) is 0. The molecule has 0 saturated carbocycles. The van der Waals surface area contributed by atoms with Crippen molar-refractivity contribution in [1.29, 1.82) is 0 Å². The van der Waals surface area contributed by atoms with E-state index in [1.807, 2.05) is 17.9 Å². The Morgan fingerprint density at radius 3 is 2.80 bits per heavy atom. The minimum atomic E-state index is 0.308. The number of nitrogens with one attached hydrogen (secondary N) is 1. The average molecular weight is 336 g/mol. The van der Waals surface area contributed by atoms with E-state index in [2.05, 4.69) is 64.5 Å². The Kier molecular flexibility index (Phi) is 5.38. The zero-order chi connectivity index (χ0) is 14.5. The number of hydrogen-bond acceptors (Lipinski definition) is 2. The first-order valence-electron chi connectivity index (χ1n) is 7.08. The van der Waals surface area contributed by atoms with Crippen molar-refractivity contribution in [3.05, 3.63) is 51.8 Å². The molecule has 0 saturated heterocycles. The molecule has 2 aromatic rings. The minimum Gasteiger partial charge on any atom is -0.310 e. The van der Waals surface area contributed by atoms with Crippen LogP contribution >= 0.6 is 15.9 Å². The van der Waals surface area contributed by atoms with Crippen LogP contribution < -0.4 is 5.32 Å². The molecule has 20 heavy (non-hydrogen) atoms. The molecule has 1 aromatic heterocycles. The summed E-state index contributed by atoms with van der Waals surface area (Å²) in [5, 5.41) is 8.14. The van der Waals surface area contributed by atoms with Gasteiger partial charge in [-0.25, -0.2) is 0 Å². The van der Waals surface area contributed by atoms with Crippen LogP contribution in [0, 0.1) is 6.92 Å². The van der Waals surface area contributed by atoms with Crippen LogP contribution in [0.2, 0.25) is 0 Å². The van der Waals surface area contributed by atoms with E-state index in [4.69, 9.17) is 0 Å². The van der Waals surface area contributed by atoms with Crippen molar-refractivity contribution < 1.29 is 0 Å². The van der Waals surface area contributed by atoms with E-state index in [9.17, 15) is 0 Å². The average Bonchev–Trinajstić information content (AvgIpc) is 2.83. The van der Waals surface area contributed by atoms with Gasteiger partial charge in [0.15, 0.2) is 0 Å². The minimum absolute atomic E-state index is 0.308. The molecule has 0 aliphatic heterocycles. The van der Waals surface area contributed by atoms with Crippen molar-refractivity contribution in [3.63, 3.8) is 0 Å². The molecule has 0 radical (unpaired) electrons. The maximum Gasteiger partial charge on any atom is 0.0643 e. The van der Waals surface area contributed by atoms with Gasteiger partial charge in [-0.2, -0.15) is 5.10 Å². The molecule has 1 unspecified atom stereocenters. The van der Waals surface area contributed by atoms with Crippen molar-refractivity contribution in [2.45, 2.75) is 32.7 Å². The van der Waals surface area contributed by atoms with Gasteiger partial charge < -0.3 is 5.32 Å². The molecule has 4 heteroatoms. The van der Waals surface area contributed by atoms with Crippen molar-refractivity contribution in [1.82, 2.24) is 15.1 Å². The maximum absolute atomic E-state index is 4.50. The SMILES string of the molecule is CCCNC(Cc1ccn(C)n1)c1cccc(Br)c1C. The number of rotatable bonds is 6. The van der Waals surface area contributed by atoms with Gasteiger partial charge in [0.1, 0.15) is 0 Å². The van der Waals surface area contributed by atoms with E-state index in [1.165, 1.54) is 15.6 Å². The Labute approximate surface area is 129 Å². The summed E-state index contributed by atoms with van der Waals surface area (Å²) in [4.78, 5) is 0. The van der Waals surface area contributed by atoms with Gasteiger partial charge in [0, 0.05) is 30.2 Å². The summed E-state index contributed by atoms with van der Waals surface area (Å²) < 4.78 is 3.03. The highest BCUT2D eigenvalue weighted by atomic mass is 79.9. The number of benzene rings is 1. The molecule has 0 bridgehead atoms. The summed E-state index contributed by atoms with van der Waals surface area (Å²) >= 11 is 3.62. The van der Waals surface area contributed by atoms with Crippen LogP contribution in [0.3, 0.4) is 0 Å². The van der Waals surface area contributed by atoms with Crippen molar-refractivity contribution in [2.24, 2.45) is 7.05 Å². The quantitative estimate of drug-likeness (QED) is 0.870. The monoisotopic (exact) mass is 335 g/mol. The summed E-state index contributed by atoms with van der Waals surface area (Å²) in [6.07, 6.45) is 4.05. The smallest absolute Gasteiger partial charge is 0.0643 e. The third kappa shape index (κ3) is 3.70. The van der Waals surface area contributed by atoms with E-state index in [1.54, 1.807) is 0 Å². The summed E-state index contributed by atoms with van der Waals surface area (Å²) in [6.45, 7) is 5.38. The number of aryl methyl sites for hydroxylation is 1. The fourth-order valence-corrected chi connectivity index (χ4v) is 2.78. The Morgan fingerprint density at radius 1 is 1.35 bits per heavy atom. The van der Waals surface area contributed by atoms with E-state index in [0.29, 0.717) is 6.04 Å². The van der Waals surface area contributed by atoms with Gasteiger partial charge in [-0.1, -0.05) is 35.0 Å². The molecule has 3 nitrogen and oxygen atoms in total. The molecule has 1 atom stereocenters. The second-order valence-electron chi connectivity index (χ2n) is 5.15. The lowest BCUT2D eigenvalue weighted by molar-refractivity contribution is 0.519. The van der Waals surface area contributed by atoms with Crippen molar-refractivity contribution in [2.75, 3.05) is 6.54 Å². The lowest BCUT2D eigenvalue weighted by Crippen LogP contribution is -2.25. The van der Waals surface area contributed by atoms with E-state index in [-0.39, 0.29) is 0 Å². The predicted octanol–water partition coefficient (Wildman–Crippen LogP) is 3.77. The highest BCUT2D eigenvalue weighted by Gasteiger charge is 2.16. The maximum atomic E-state index is 4.50. The molecule has 0 amide bonds. The highest BCUT2D eigenvalue weighted by molar-refractivity contribution is 9.10. The predicted molar refractivity (Wildman–Crippen MR) is 86.8 cm³/mol. The van der Waals surface area contributed by atoms with Gasteiger partial charge in [0.25, 0.3) is 0 Å². The Morgan fingerprint density at radius 2 is 2.15 bits per heavy atom. The third-order valence-electron chi connectivity index (χ3n) is 3.51. The first kappa shape index (κ1) is 15.3. The molecule has 108 valence electrons. The van der Waals surface area contributed by atoms with E-state index >= 15 is 0 Å². The molecule has 0 aliphatic rings. The zero-order valence-corrected chi connectivity index (χ0v) is 13.9.